The number of carbonyl (C=O) groups is 1. The Balaban J connectivity index is 1.44. The van der Waals surface area contributed by atoms with E-state index >= 15 is 0 Å². The molecular formula is C21H25N3O2. The van der Waals surface area contributed by atoms with Crippen LogP contribution in [-0.4, -0.2) is 43.8 Å². The average Bonchev–Trinajstić information content (AvgIpc) is 3.04. The first kappa shape index (κ1) is 16.9. The first-order valence-corrected chi connectivity index (χ1v) is 9.23. The van der Waals surface area contributed by atoms with E-state index in [0.717, 1.165) is 31.9 Å². The van der Waals surface area contributed by atoms with Gasteiger partial charge in [0.05, 0.1) is 19.3 Å². The summed E-state index contributed by atoms with van der Waals surface area (Å²) in [6.45, 7) is 6.94. The van der Waals surface area contributed by atoms with Crippen LogP contribution in [0.3, 0.4) is 0 Å². The molecule has 1 N–H and O–H groups in total. The SMILES string of the molecule is Cc1cc(CN2C[C@H](c3ccccc3)NC2=O)ccc1N1CCOCC1. The normalized spacial score (nSPS) is 20.3. The van der Waals surface area contributed by atoms with Crippen molar-refractivity contribution in [3.8, 4) is 0 Å². The van der Waals surface area contributed by atoms with Crippen molar-refractivity contribution in [1.29, 1.82) is 0 Å². The third-order valence-corrected chi connectivity index (χ3v) is 5.18. The number of urea groups is 1. The molecule has 2 amide bonds. The summed E-state index contributed by atoms with van der Waals surface area (Å²) in [5, 5.41) is 3.08. The van der Waals surface area contributed by atoms with E-state index in [1.165, 1.54) is 16.8 Å². The van der Waals surface area contributed by atoms with Gasteiger partial charge in [0, 0.05) is 31.9 Å². The molecule has 136 valence electrons. The van der Waals surface area contributed by atoms with Gasteiger partial charge in [-0.3, -0.25) is 0 Å². The van der Waals surface area contributed by atoms with Crippen molar-refractivity contribution in [2.75, 3.05) is 37.7 Å². The van der Waals surface area contributed by atoms with E-state index in [-0.39, 0.29) is 12.1 Å². The highest BCUT2D eigenvalue weighted by molar-refractivity contribution is 5.77. The summed E-state index contributed by atoms with van der Waals surface area (Å²) in [5.74, 6) is 0. The Morgan fingerprint density at radius 1 is 1.12 bits per heavy atom. The van der Waals surface area contributed by atoms with E-state index in [1.54, 1.807) is 0 Å². The molecule has 5 heteroatoms. The van der Waals surface area contributed by atoms with E-state index in [1.807, 2.05) is 23.1 Å². The van der Waals surface area contributed by atoms with Crippen molar-refractivity contribution in [3.05, 3.63) is 65.2 Å². The molecule has 2 saturated heterocycles. The fourth-order valence-corrected chi connectivity index (χ4v) is 3.80. The van der Waals surface area contributed by atoms with Crippen LogP contribution in [-0.2, 0) is 11.3 Å². The van der Waals surface area contributed by atoms with Crippen molar-refractivity contribution in [2.24, 2.45) is 0 Å². The van der Waals surface area contributed by atoms with Gasteiger partial charge in [-0.15, -0.1) is 0 Å². The van der Waals surface area contributed by atoms with Crippen molar-refractivity contribution in [2.45, 2.75) is 19.5 Å². The lowest BCUT2D eigenvalue weighted by Crippen LogP contribution is -2.36. The number of carbonyl (C=O) groups excluding carboxylic acids is 1. The van der Waals surface area contributed by atoms with E-state index in [2.05, 4.69) is 47.5 Å². The summed E-state index contributed by atoms with van der Waals surface area (Å²) in [4.78, 5) is 16.6. The molecule has 0 unspecified atom stereocenters. The Kier molecular flexibility index (Phi) is 4.80. The van der Waals surface area contributed by atoms with Gasteiger partial charge in [0.2, 0.25) is 0 Å². The molecule has 2 aromatic carbocycles. The molecule has 0 saturated carbocycles. The number of hydrogen-bond donors (Lipinski definition) is 1. The number of ether oxygens (including phenoxy) is 1. The van der Waals surface area contributed by atoms with Gasteiger partial charge in [0.25, 0.3) is 0 Å². The van der Waals surface area contributed by atoms with Gasteiger partial charge < -0.3 is 19.9 Å². The Labute approximate surface area is 154 Å². The van der Waals surface area contributed by atoms with Crippen LogP contribution in [0.15, 0.2) is 48.5 Å². The van der Waals surface area contributed by atoms with Gasteiger partial charge >= 0.3 is 6.03 Å². The van der Waals surface area contributed by atoms with Crippen molar-refractivity contribution < 1.29 is 9.53 Å². The molecule has 4 rings (SSSR count). The van der Waals surface area contributed by atoms with E-state index < -0.39 is 0 Å². The zero-order valence-corrected chi connectivity index (χ0v) is 15.1. The van der Waals surface area contributed by atoms with Crippen LogP contribution in [0.4, 0.5) is 10.5 Å². The highest BCUT2D eigenvalue weighted by Crippen LogP contribution is 2.25. The molecule has 0 aromatic heterocycles. The second-order valence-corrected chi connectivity index (χ2v) is 7.01. The minimum absolute atomic E-state index is 0.00811. The van der Waals surface area contributed by atoms with Crippen LogP contribution < -0.4 is 10.2 Å². The third kappa shape index (κ3) is 3.53. The lowest BCUT2D eigenvalue weighted by molar-refractivity contribution is 0.122. The molecule has 26 heavy (non-hydrogen) atoms. The lowest BCUT2D eigenvalue weighted by Gasteiger charge is -2.30. The molecule has 0 spiro atoms. The monoisotopic (exact) mass is 351 g/mol. The van der Waals surface area contributed by atoms with E-state index in [4.69, 9.17) is 4.74 Å². The third-order valence-electron chi connectivity index (χ3n) is 5.18. The van der Waals surface area contributed by atoms with Crippen LogP contribution in [0.5, 0.6) is 0 Å². The number of hydrogen-bond acceptors (Lipinski definition) is 3. The Bertz CT molecular complexity index is 772. The van der Waals surface area contributed by atoms with Gasteiger partial charge in [0.15, 0.2) is 0 Å². The van der Waals surface area contributed by atoms with Gasteiger partial charge in [0.1, 0.15) is 0 Å². The standard InChI is InChI=1S/C21H25N3O2/c1-16-13-17(7-8-20(16)23-9-11-26-12-10-23)14-24-15-19(22-21(24)25)18-5-3-2-4-6-18/h2-8,13,19H,9-12,14-15H2,1H3,(H,22,25)/t19-/m1/s1. The number of benzene rings is 2. The Morgan fingerprint density at radius 3 is 2.62 bits per heavy atom. The number of rotatable bonds is 4. The molecule has 5 nitrogen and oxygen atoms in total. The van der Waals surface area contributed by atoms with Crippen molar-refractivity contribution in [1.82, 2.24) is 10.2 Å². The number of anilines is 1. The van der Waals surface area contributed by atoms with Crippen LogP contribution in [0.1, 0.15) is 22.7 Å². The smallest absolute Gasteiger partial charge is 0.318 e. The summed E-state index contributed by atoms with van der Waals surface area (Å²) in [5.41, 5.74) is 4.85. The highest BCUT2D eigenvalue weighted by atomic mass is 16.5. The maximum Gasteiger partial charge on any atom is 0.318 e. The summed E-state index contributed by atoms with van der Waals surface area (Å²) < 4.78 is 5.44. The van der Waals surface area contributed by atoms with Gasteiger partial charge in [-0.1, -0.05) is 42.5 Å². The highest BCUT2D eigenvalue weighted by Gasteiger charge is 2.29. The number of nitrogens with zero attached hydrogens (tertiary/aromatic N) is 2. The molecule has 0 aliphatic carbocycles. The Hall–Kier alpha value is -2.53. The van der Waals surface area contributed by atoms with Crippen LogP contribution in [0.25, 0.3) is 0 Å². The topological polar surface area (TPSA) is 44.8 Å². The zero-order chi connectivity index (χ0) is 17.9. The fourth-order valence-electron chi connectivity index (χ4n) is 3.80. The summed E-state index contributed by atoms with van der Waals surface area (Å²) in [6.07, 6.45) is 0. The minimum Gasteiger partial charge on any atom is -0.378 e. The zero-order valence-electron chi connectivity index (χ0n) is 15.1. The number of nitrogens with one attached hydrogen (secondary N) is 1. The fraction of sp³-hybridized carbons (Fsp3) is 0.381. The van der Waals surface area contributed by atoms with Gasteiger partial charge in [-0.25, -0.2) is 4.79 Å². The molecule has 2 heterocycles. The Morgan fingerprint density at radius 2 is 1.88 bits per heavy atom. The van der Waals surface area contributed by atoms with Crippen LogP contribution in [0, 0.1) is 6.92 Å². The van der Waals surface area contributed by atoms with Gasteiger partial charge in [-0.05, 0) is 29.7 Å². The maximum atomic E-state index is 12.4. The molecule has 0 radical (unpaired) electrons. The number of amides is 2. The first-order chi connectivity index (χ1) is 12.7. The lowest BCUT2D eigenvalue weighted by atomic mass is 10.1. The predicted molar refractivity (Wildman–Crippen MR) is 102 cm³/mol. The number of aryl methyl sites for hydroxylation is 1. The molecule has 2 aliphatic rings. The van der Waals surface area contributed by atoms with Crippen LogP contribution in [0.2, 0.25) is 0 Å². The number of morpholine rings is 1. The van der Waals surface area contributed by atoms with Crippen molar-refractivity contribution in [3.63, 3.8) is 0 Å². The quantitative estimate of drug-likeness (QED) is 0.921. The average molecular weight is 351 g/mol. The van der Waals surface area contributed by atoms with E-state index in [0.29, 0.717) is 13.1 Å². The second kappa shape index (κ2) is 7.38. The molecule has 2 aromatic rings. The summed E-state index contributed by atoms with van der Waals surface area (Å²) >= 11 is 0. The van der Waals surface area contributed by atoms with E-state index in [9.17, 15) is 4.79 Å². The van der Waals surface area contributed by atoms with Crippen LogP contribution >= 0.6 is 0 Å². The summed E-state index contributed by atoms with van der Waals surface area (Å²) in [6, 6.07) is 16.7. The largest absolute Gasteiger partial charge is 0.378 e. The molecule has 2 aliphatic heterocycles. The van der Waals surface area contributed by atoms with Gasteiger partial charge in [-0.2, -0.15) is 0 Å². The molecule has 0 bridgehead atoms. The minimum atomic E-state index is 0.00811. The molecule has 2 fully saturated rings. The maximum absolute atomic E-state index is 12.4. The summed E-state index contributed by atoms with van der Waals surface area (Å²) in [7, 11) is 0. The predicted octanol–water partition coefficient (Wildman–Crippen LogP) is 3.10. The molecular weight excluding hydrogens is 326 g/mol. The first-order valence-electron chi connectivity index (χ1n) is 9.23. The van der Waals surface area contributed by atoms with Crippen molar-refractivity contribution >= 4 is 11.7 Å². The molecule has 1 atom stereocenters. The second-order valence-electron chi connectivity index (χ2n) is 7.01.